The number of carbonyl (C=O) groups is 2. The third kappa shape index (κ3) is 3.59. The Balaban J connectivity index is 1.57. The molecule has 2 N–H and O–H groups in total. The van der Waals surface area contributed by atoms with Crippen LogP contribution in [0, 0.1) is 17.3 Å². The molecule has 1 amide bonds. The van der Waals surface area contributed by atoms with Crippen molar-refractivity contribution in [2.24, 2.45) is 17.3 Å². The monoisotopic (exact) mass is 386 g/mol. The number of likely N-dealkylation sites (tertiary alicyclic amines) is 1. The molecule has 1 aromatic rings. The Morgan fingerprint density at radius 2 is 2.07 bits per heavy atom. The number of nitrogens with zero attached hydrogens (tertiary/aromatic N) is 3. The molecule has 2 aliphatic carbocycles. The van der Waals surface area contributed by atoms with Crippen LogP contribution in [0.1, 0.15) is 58.3 Å². The number of hydrogen-bond donors (Lipinski definition) is 2. The smallest absolute Gasteiger partial charge is 0.326 e. The minimum atomic E-state index is -0.881. The largest absolute Gasteiger partial charge is 0.480 e. The van der Waals surface area contributed by atoms with Crippen molar-refractivity contribution in [3.8, 4) is 0 Å². The minimum Gasteiger partial charge on any atom is -0.480 e. The lowest BCUT2D eigenvalue weighted by Gasteiger charge is -2.34. The highest BCUT2D eigenvalue weighted by Crippen LogP contribution is 2.61. The lowest BCUT2D eigenvalue weighted by atomic mass is 9.83. The van der Waals surface area contributed by atoms with Crippen molar-refractivity contribution >= 4 is 17.7 Å². The van der Waals surface area contributed by atoms with Crippen LogP contribution in [0.25, 0.3) is 0 Å². The van der Waals surface area contributed by atoms with Crippen molar-refractivity contribution in [2.75, 3.05) is 11.9 Å². The number of anilines is 1. The fourth-order valence-corrected chi connectivity index (χ4v) is 5.47. The van der Waals surface area contributed by atoms with Gasteiger partial charge in [-0.15, -0.1) is 0 Å². The zero-order valence-corrected chi connectivity index (χ0v) is 16.5. The number of aliphatic carboxylic acids is 1. The molecule has 0 bridgehead atoms. The average Bonchev–Trinajstić information content (AvgIpc) is 3.26. The van der Waals surface area contributed by atoms with E-state index in [-0.39, 0.29) is 17.2 Å². The maximum Gasteiger partial charge on any atom is 0.326 e. The van der Waals surface area contributed by atoms with Gasteiger partial charge in [0.1, 0.15) is 17.9 Å². The summed E-state index contributed by atoms with van der Waals surface area (Å²) < 4.78 is 0. The van der Waals surface area contributed by atoms with E-state index in [1.165, 1.54) is 6.42 Å². The summed E-state index contributed by atoms with van der Waals surface area (Å²) in [5.74, 6) is 0.367. The number of hydrogen-bond acceptors (Lipinski definition) is 5. The number of amides is 1. The van der Waals surface area contributed by atoms with Crippen LogP contribution >= 0.6 is 0 Å². The van der Waals surface area contributed by atoms with Crippen molar-refractivity contribution in [1.82, 2.24) is 14.9 Å². The van der Waals surface area contributed by atoms with E-state index in [1.807, 2.05) is 0 Å². The molecule has 4 rings (SSSR count). The van der Waals surface area contributed by atoms with Gasteiger partial charge in [-0.1, -0.05) is 32.6 Å². The Labute approximate surface area is 165 Å². The van der Waals surface area contributed by atoms with Gasteiger partial charge in [-0.3, -0.25) is 9.78 Å². The predicted octanol–water partition coefficient (Wildman–Crippen LogP) is 2.94. The van der Waals surface area contributed by atoms with Gasteiger partial charge in [0.2, 0.25) is 5.91 Å². The second-order valence-electron chi connectivity index (χ2n) is 8.81. The van der Waals surface area contributed by atoms with Crippen molar-refractivity contribution < 1.29 is 14.7 Å². The quantitative estimate of drug-likeness (QED) is 0.780. The second kappa shape index (κ2) is 7.68. The van der Waals surface area contributed by atoms with E-state index in [1.54, 1.807) is 23.5 Å². The number of carbonyl (C=O) groups excluding carboxylic acids is 1. The van der Waals surface area contributed by atoms with E-state index in [4.69, 9.17) is 0 Å². The van der Waals surface area contributed by atoms with Crippen LogP contribution in [0.2, 0.25) is 0 Å². The third-order valence-electron chi connectivity index (χ3n) is 7.13. The minimum absolute atomic E-state index is 0.0249. The fourth-order valence-electron chi connectivity index (χ4n) is 5.47. The SMILES string of the molecule is CC[C@@H]1C[C@]12C[C@@H](C(=O)O)N(C(=O)[C@@H](Nc1cnccn1)C1CCCCC1)C2. The Kier molecular flexibility index (Phi) is 5.25. The number of carboxylic acids is 1. The van der Waals surface area contributed by atoms with Crippen molar-refractivity contribution in [2.45, 2.75) is 70.4 Å². The normalized spacial score (nSPS) is 31.0. The molecule has 7 heteroatoms. The van der Waals surface area contributed by atoms with Gasteiger partial charge in [0.05, 0.1) is 6.20 Å². The summed E-state index contributed by atoms with van der Waals surface area (Å²) in [6.07, 6.45) is 12.9. The maximum absolute atomic E-state index is 13.6. The summed E-state index contributed by atoms with van der Waals surface area (Å²) in [7, 11) is 0. The van der Waals surface area contributed by atoms with Crippen molar-refractivity contribution in [3.63, 3.8) is 0 Å². The summed E-state index contributed by atoms with van der Waals surface area (Å²) in [4.78, 5) is 35.6. The molecule has 2 heterocycles. The molecule has 3 fully saturated rings. The molecule has 7 nitrogen and oxygen atoms in total. The van der Waals surface area contributed by atoms with Crippen LogP contribution in [0.15, 0.2) is 18.6 Å². The summed E-state index contributed by atoms with van der Waals surface area (Å²) in [6, 6.07) is -1.15. The molecule has 0 aromatic carbocycles. The summed E-state index contributed by atoms with van der Waals surface area (Å²) in [6.45, 7) is 2.73. The van der Waals surface area contributed by atoms with Gasteiger partial charge in [-0.2, -0.15) is 0 Å². The Bertz CT molecular complexity index is 722. The van der Waals surface area contributed by atoms with E-state index < -0.39 is 18.1 Å². The zero-order chi connectivity index (χ0) is 19.7. The molecule has 0 radical (unpaired) electrons. The van der Waals surface area contributed by atoms with Crippen LogP contribution in [-0.2, 0) is 9.59 Å². The predicted molar refractivity (Wildman–Crippen MR) is 105 cm³/mol. The first-order valence-electron chi connectivity index (χ1n) is 10.6. The topological polar surface area (TPSA) is 95.4 Å². The summed E-state index contributed by atoms with van der Waals surface area (Å²) in [5.41, 5.74) is 0.0249. The van der Waals surface area contributed by atoms with E-state index in [0.717, 1.165) is 38.5 Å². The standard InChI is InChI=1S/C21H30N4O3/c1-2-15-10-21(15)11-16(20(27)28)25(13-21)19(26)18(14-6-4-3-5-7-14)24-17-12-22-8-9-23-17/h8-9,12,14-16,18H,2-7,10-11,13H2,1H3,(H,23,24)(H,27,28)/t15-,16+,18+,21-/m1/s1. The van der Waals surface area contributed by atoms with Crippen LogP contribution in [0.3, 0.4) is 0 Å². The van der Waals surface area contributed by atoms with E-state index in [0.29, 0.717) is 24.7 Å². The molecular formula is C21H30N4O3. The first-order valence-corrected chi connectivity index (χ1v) is 10.6. The highest BCUT2D eigenvalue weighted by atomic mass is 16.4. The number of aromatic nitrogens is 2. The second-order valence-corrected chi connectivity index (χ2v) is 8.81. The molecule has 1 aromatic heterocycles. The summed E-state index contributed by atoms with van der Waals surface area (Å²) in [5, 5.41) is 13.1. The van der Waals surface area contributed by atoms with Gasteiger partial charge in [0, 0.05) is 18.9 Å². The first-order chi connectivity index (χ1) is 13.5. The third-order valence-corrected chi connectivity index (χ3v) is 7.13. The molecule has 1 aliphatic heterocycles. The van der Waals surface area contributed by atoms with Gasteiger partial charge in [0.15, 0.2) is 0 Å². The number of carboxylic acid groups (broad SMARTS) is 1. The molecule has 2 saturated carbocycles. The Morgan fingerprint density at radius 3 is 2.68 bits per heavy atom. The Morgan fingerprint density at radius 1 is 1.29 bits per heavy atom. The molecule has 3 aliphatic rings. The molecule has 28 heavy (non-hydrogen) atoms. The van der Waals surface area contributed by atoms with E-state index in [9.17, 15) is 14.7 Å². The molecule has 1 saturated heterocycles. The number of rotatable bonds is 6. The highest BCUT2D eigenvalue weighted by molar-refractivity contribution is 5.90. The van der Waals surface area contributed by atoms with Crippen molar-refractivity contribution in [1.29, 1.82) is 0 Å². The van der Waals surface area contributed by atoms with Crippen LogP contribution in [0.5, 0.6) is 0 Å². The van der Waals surface area contributed by atoms with Crippen LogP contribution in [0.4, 0.5) is 5.82 Å². The van der Waals surface area contributed by atoms with Gasteiger partial charge in [-0.25, -0.2) is 9.78 Å². The Hall–Kier alpha value is -2.18. The van der Waals surface area contributed by atoms with Gasteiger partial charge >= 0.3 is 5.97 Å². The molecule has 4 atom stereocenters. The van der Waals surface area contributed by atoms with Gasteiger partial charge < -0.3 is 15.3 Å². The van der Waals surface area contributed by atoms with Crippen LogP contribution < -0.4 is 5.32 Å². The average molecular weight is 386 g/mol. The lowest BCUT2D eigenvalue weighted by Crippen LogP contribution is -2.51. The van der Waals surface area contributed by atoms with E-state index >= 15 is 0 Å². The van der Waals surface area contributed by atoms with Crippen molar-refractivity contribution in [3.05, 3.63) is 18.6 Å². The van der Waals surface area contributed by atoms with Crippen LogP contribution in [-0.4, -0.2) is 50.5 Å². The molecule has 0 unspecified atom stereocenters. The fraction of sp³-hybridized carbons (Fsp3) is 0.714. The van der Waals surface area contributed by atoms with E-state index in [2.05, 4.69) is 22.2 Å². The highest BCUT2D eigenvalue weighted by Gasteiger charge is 2.61. The first kappa shape index (κ1) is 19.2. The number of nitrogens with one attached hydrogen (secondary N) is 1. The zero-order valence-electron chi connectivity index (χ0n) is 16.5. The molecule has 1 spiro atoms. The van der Waals surface area contributed by atoms with Gasteiger partial charge in [-0.05, 0) is 42.9 Å². The molecular weight excluding hydrogens is 356 g/mol. The lowest BCUT2D eigenvalue weighted by molar-refractivity contribution is -0.149. The van der Waals surface area contributed by atoms with Gasteiger partial charge in [0.25, 0.3) is 0 Å². The summed E-state index contributed by atoms with van der Waals surface area (Å²) >= 11 is 0. The maximum atomic E-state index is 13.6. The molecule has 152 valence electrons.